The molecular formula is C24H26FN3O. The van der Waals surface area contributed by atoms with Crippen molar-refractivity contribution in [3.63, 3.8) is 0 Å². The van der Waals surface area contributed by atoms with Gasteiger partial charge in [-0.1, -0.05) is 38.1 Å². The van der Waals surface area contributed by atoms with Gasteiger partial charge in [-0.3, -0.25) is 4.79 Å². The third kappa shape index (κ3) is 4.15. The Bertz CT molecular complexity index is 1050. The zero-order valence-corrected chi connectivity index (χ0v) is 17.1. The number of fused-ring (bicyclic) bond motifs is 1. The number of aromatic nitrogens is 2. The summed E-state index contributed by atoms with van der Waals surface area (Å²) in [6, 6.07) is 14.5. The van der Waals surface area contributed by atoms with Gasteiger partial charge in [0, 0.05) is 29.4 Å². The molecule has 1 N–H and O–H groups in total. The molecule has 1 unspecified atom stereocenters. The summed E-state index contributed by atoms with van der Waals surface area (Å²) in [4.78, 5) is 11.7. The Morgan fingerprint density at radius 2 is 2.03 bits per heavy atom. The van der Waals surface area contributed by atoms with Crippen molar-refractivity contribution in [1.82, 2.24) is 15.1 Å². The molecule has 150 valence electrons. The van der Waals surface area contributed by atoms with Gasteiger partial charge in [-0.05, 0) is 55.0 Å². The molecule has 0 bridgehead atoms. The molecule has 0 spiro atoms. The van der Waals surface area contributed by atoms with Gasteiger partial charge in [0.1, 0.15) is 5.82 Å². The third-order valence-electron chi connectivity index (χ3n) is 5.62. The zero-order chi connectivity index (χ0) is 20.6. The summed E-state index contributed by atoms with van der Waals surface area (Å²) >= 11 is 0. The van der Waals surface area contributed by atoms with Crippen LogP contribution in [0.25, 0.3) is 5.69 Å². The van der Waals surface area contributed by atoms with Gasteiger partial charge < -0.3 is 5.32 Å². The van der Waals surface area contributed by atoms with Crippen molar-refractivity contribution >= 4 is 5.78 Å². The number of nitrogens with one attached hydrogen (secondary N) is 1. The SMILES string of the molecule is CC(=O)c1cccc(CNC2CC(C)(C)Cc3c2cnn3-c2cccc(F)c2)c1. The van der Waals surface area contributed by atoms with E-state index in [0.717, 1.165) is 40.9 Å². The Morgan fingerprint density at radius 3 is 2.79 bits per heavy atom. The predicted molar refractivity (Wildman–Crippen MR) is 112 cm³/mol. The summed E-state index contributed by atoms with van der Waals surface area (Å²) in [5, 5.41) is 8.24. The van der Waals surface area contributed by atoms with E-state index < -0.39 is 0 Å². The van der Waals surface area contributed by atoms with E-state index in [0.29, 0.717) is 6.54 Å². The number of Topliss-reactive ketones (excluding diaryl/α,β-unsaturated/α-hetero) is 1. The van der Waals surface area contributed by atoms with Crippen molar-refractivity contribution in [3.8, 4) is 5.69 Å². The molecule has 1 aliphatic carbocycles. The van der Waals surface area contributed by atoms with Gasteiger partial charge in [-0.15, -0.1) is 0 Å². The molecule has 4 nitrogen and oxygen atoms in total. The summed E-state index contributed by atoms with van der Waals surface area (Å²) in [6.07, 6.45) is 3.78. The van der Waals surface area contributed by atoms with E-state index in [1.165, 1.54) is 12.1 Å². The molecular weight excluding hydrogens is 365 g/mol. The van der Waals surface area contributed by atoms with E-state index in [-0.39, 0.29) is 23.1 Å². The molecule has 5 heteroatoms. The Labute approximate surface area is 170 Å². The summed E-state index contributed by atoms with van der Waals surface area (Å²) in [6.45, 7) is 6.77. The van der Waals surface area contributed by atoms with Crippen LogP contribution in [0, 0.1) is 11.2 Å². The lowest BCUT2D eigenvalue weighted by atomic mass is 9.74. The van der Waals surface area contributed by atoms with Gasteiger partial charge in [0.2, 0.25) is 0 Å². The number of benzene rings is 2. The maximum Gasteiger partial charge on any atom is 0.159 e. The van der Waals surface area contributed by atoms with E-state index in [1.807, 2.05) is 41.2 Å². The smallest absolute Gasteiger partial charge is 0.159 e. The Balaban J connectivity index is 1.62. The number of nitrogens with zero attached hydrogens (tertiary/aromatic N) is 2. The molecule has 0 radical (unpaired) electrons. The van der Waals surface area contributed by atoms with Crippen LogP contribution in [0.5, 0.6) is 0 Å². The lowest BCUT2D eigenvalue weighted by Gasteiger charge is -2.36. The lowest BCUT2D eigenvalue weighted by Crippen LogP contribution is -2.33. The maximum atomic E-state index is 13.7. The second-order valence-electron chi connectivity index (χ2n) is 8.67. The minimum Gasteiger partial charge on any atom is -0.306 e. The first-order valence-corrected chi connectivity index (χ1v) is 9.98. The number of hydrogen-bond acceptors (Lipinski definition) is 3. The minimum absolute atomic E-state index is 0.0734. The molecule has 0 saturated carbocycles. The first kappa shape index (κ1) is 19.5. The number of hydrogen-bond donors (Lipinski definition) is 1. The van der Waals surface area contributed by atoms with E-state index in [4.69, 9.17) is 0 Å². The topological polar surface area (TPSA) is 46.9 Å². The molecule has 0 aliphatic heterocycles. The quantitative estimate of drug-likeness (QED) is 0.622. The van der Waals surface area contributed by atoms with Crippen molar-refractivity contribution in [2.45, 2.75) is 46.2 Å². The number of rotatable bonds is 5. The van der Waals surface area contributed by atoms with Gasteiger partial charge in [0.05, 0.1) is 11.9 Å². The standard InChI is InChI=1S/C24H26FN3O/c1-16(29)18-7-4-6-17(10-18)14-26-22-12-24(2,3)13-23-21(22)15-27-28(23)20-9-5-8-19(25)11-20/h4-11,15,22,26H,12-14H2,1-3H3. The van der Waals surface area contributed by atoms with Gasteiger partial charge >= 0.3 is 0 Å². The van der Waals surface area contributed by atoms with E-state index in [2.05, 4.69) is 24.3 Å². The Kier molecular flexibility index (Phi) is 5.09. The fourth-order valence-corrected chi connectivity index (χ4v) is 4.20. The molecule has 1 aromatic heterocycles. The average Bonchev–Trinajstić information content (AvgIpc) is 3.09. The monoisotopic (exact) mass is 391 g/mol. The van der Waals surface area contributed by atoms with Gasteiger partial charge in [-0.25, -0.2) is 9.07 Å². The summed E-state index contributed by atoms with van der Waals surface area (Å²) in [7, 11) is 0. The number of halogens is 1. The van der Waals surface area contributed by atoms with Crippen molar-refractivity contribution in [2.24, 2.45) is 5.41 Å². The molecule has 4 rings (SSSR count). The molecule has 0 fully saturated rings. The molecule has 0 amide bonds. The highest BCUT2D eigenvalue weighted by molar-refractivity contribution is 5.94. The Hall–Kier alpha value is -2.79. The second kappa shape index (κ2) is 7.56. The number of carbonyl (C=O) groups excluding carboxylic acids is 1. The van der Waals surface area contributed by atoms with Crippen LogP contribution in [0.15, 0.2) is 54.7 Å². The van der Waals surface area contributed by atoms with Crippen molar-refractivity contribution in [2.75, 3.05) is 0 Å². The summed E-state index contributed by atoms with van der Waals surface area (Å²) in [5.74, 6) is -0.189. The van der Waals surface area contributed by atoms with Crippen LogP contribution in [-0.4, -0.2) is 15.6 Å². The maximum absolute atomic E-state index is 13.7. The summed E-state index contributed by atoms with van der Waals surface area (Å²) in [5.41, 5.74) is 4.94. The van der Waals surface area contributed by atoms with Gasteiger partial charge in [-0.2, -0.15) is 5.10 Å². The number of ketones is 1. The summed E-state index contributed by atoms with van der Waals surface area (Å²) < 4.78 is 15.6. The molecule has 1 heterocycles. The van der Waals surface area contributed by atoms with Crippen LogP contribution < -0.4 is 5.32 Å². The van der Waals surface area contributed by atoms with Gasteiger partial charge in [0.15, 0.2) is 5.78 Å². The fraction of sp³-hybridized carbons (Fsp3) is 0.333. The first-order valence-electron chi connectivity index (χ1n) is 9.98. The molecule has 1 atom stereocenters. The molecule has 2 aromatic carbocycles. The van der Waals surface area contributed by atoms with E-state index in [1.54, 1.807) is 13.0 Å². The van der Waals surface area contributed by atoms with E-state index in [9.17, 15) is 9.18 Å². The zero-order valence-electron chi connectivity index (χ0n) is 17.1. The van der Waals surface area contributed by atoms with Crippen molar-refractivity contribution < 1.29 is 9.18 Å². The van der Waals surface area contributed by atoms with Crippen molar-refractivity contribution in [3.05, 3.63) is 82.9 Å². The number of carbonyl (C=O) groups is 1. The van der Waals surface area contributed by atoms with Crippen molar-refractivity contribution in [1.29, 1.82) is 0 Å². The fourth-order valence-electron chi connectivity index (χ4n) is 4.20. The largest absolute Gasteiger partial charge is 0.306 e. The molecule has 1 aliphatic rings. The predicted octanol–water partition coefficient (Wildman–Crippen LogP) is 5.02. The second-order valence-corrected chi connectivity index (χ2v) is 8.67. The highest BCUT2D eigenvalue weighted by Crippen LogP contribution is 2.41. The van der Waals surface area contributed by atoms with Crippen LogP contribution in [0.2, 0.25) is 0 Å². The highest BCUT2D eigenvalue weighted by atomic mass is 19.1. The first-order chi connectivity index (χ1) is 13.8. The van der Waals surface area contributed by atoms with Crippen LogP contribution in [0.1, 0.15) is 60.4 Å². The lowest BCUT2D eigenvalue weighted by molar-refractivity contribution is 0.101. The van der Waals surface area contributed by atoms with Crippen LogP contribution in [0.3, 0.4) is 0 Å². The average molecular weight is 391 g/mol. The van der Waals surface area contributed by atoms with Crippen LogP contribution in [0.4, 0.5) is 4.39 Å². The molecule has 0 saturated heterocycles. The third-order valence-corrected chi connectivity index (χ3v) is 5.62. The van der Waals surface area contributed by atoms with Gasteiger partial charge in [0.25, 0.3) is 0 Å². The molecule has 29 heavy (non-hydrogen) atoms. The Morgan fingerprint density at radius 1 is 1.24 bits per heavy atom. The minimum atomic E-state index is -0.262. The van der Waals surface area contributed by atoms with Crippen LogP contribution in [-0.2, 0) is 13.0 Å². The normalized spacial score (nSPS) is 17.7. The highest BCUT2D eigenvalue weighted by Gasteiger charge is 2.35. The van der Waals surface area contributed by atoms with Crippen LogP contribution >= 0.6 is 0 Å². The van der Waals surface area contributed by atoms with E-state index >= 15 is 0 Å². The molecule has 3 aromatic rings.